The molecule has 0 bridgehead atoms. The molecule has 0 aromatic heterocycles. The first-order chi connectivity index (χ1) is 11.8. The molecule has 2 N–H and O–H groups in total. The van der Waals surface area contributed by atoms with Gasteiger partial charge in [-0.05, 0) is 51.4 Å². The van der Waals surface area contributed by atoms with Gasteiger partial charge in [0.25, 0.3) is 5.91 Å². The number of carbonyl (C=O) groups is 2. The molecule has 138 valence electrons. The molecule has 0 unspecified atom stereocenters. The molecule has 3 atom stereocenters. The van der Waals surface area contributed by atoms with E-state index in [1.165, 1.54) is 18.2 Å². The number of nitrogens with zero attached hydrogens (tertiary/aromatic N) is 1. The van der Waals surface area contributed by atoms with Crippen LogP contribution in [0.3, 0.4) is 0 Å². The standard InChI is InChI=1S/C19H28FN3O2/c1-12(2)17(22-18(24)15-7-5-6-8-16(15)20)19(25)21-13-9-10-14(11-13)23(3)4/h5-8,12-14,17H,9-11H2,1-4H3,(H,21,25)(H,22,24)/t13-,14+,17+/m1/s1. The van der Waals surface area contributed by atoms with Gasteiger partial charge in [-0.15, -0.1) is 0 Å². The molecule has 0 saturated heterocycles. The predicted molar refractivity (Wildman–Crippen MR) is 95.7 cm³/mol. The number of hydrogen-bond acceptors (Lipinski definition) is 3. The average molecular weight is 349 g/mol. The Morgan fingerprint density at radius 1 is 1.20 bits per heavy atom. The molecule has 0 spiro atoms. The maximum Gasteiger partial charge on any atom is 0.254 e. The fourth-order valence-electron chi connectivity index (χ4n) is 3.25. The van der Waals surface area contributed by atoms with Crippen LogP contribution in [0, 0.1) is 11.7 Å². The second-order valence-electron chi connectivity index (χ2n) is 7.31. The normalized spacial score (nSPS) is 21.4. The summed E-state index contributed by atoms with van der Waals surface area (Å²) >= 11 is 0. The molecule has 0 radical (unpaired) electrons. The molecule has 0 heterocycles. The molecule has 1 saturated carbocycles. The van der Waals surface area contributed by atoms with Crippen LogP contribution in [-0.4, -0.2) is 48.9 Å². The van der Waals surface area contributed by atoms with Crippen molar-refractivity contribution in [3.63, 3.8) is 0 Å². The zero-order valence-electron chi connectivity index (χ0n) is 15.4. The van der Waals surface area contributed by atoms with Gasteiger partial charge in [-0.25, -0.2) is 4.39 Å². The van der Waals surface area contributed by atoms with Gasteiger partial charge in [0.2, 0.25) is 5.91 Å². The smallest absolute Gasteiger partial charge is 0.254 e. The van der Waals surface area contributed by atoms with Gasteiger partial charge in [0.05, 0.1) is 5.56 Å². The van der Waals surface area contributed by atoms with Crippen LogP contribution in [0.4, 0.5) is 4.39 Å². The number of amides is 2. The van der Waals surface area contributed by atoms with E-state index in [1.807, 2.05) is 27.9 Å². The summed E-state index contributed by atoms with van der Waals surface area (Å²) in [4.78, 5) is 27.1. The first kappa shape index (κ1) is 19.4. The van der Waals surface area contributed by atoms with Crippen LogP contribution in [0.1, 0.15) is 43.5 Å². The molecule has 1 aromatic rings. The Labute approximate surface area is 149 Å². The molecule has 0 aliphatic heterocycles. The number of carbonyl (C=O) groups excluding carboxylic acids is 2. The van der Waals surface area contributed by atoms with Crippen LogP contribution in [0.25, 0.3) is 0 Å². The molecule has 1 aromatic carbocycles. The van der Waals surface area contributed by atoms with Crippen molar-refractivity contribution in [2.45, 2.75) is 51.2 Å². The highest BCUT2D eigenvalue weighted by molar-refractivity contribution is 5.97. The van der Waals surface area contributed by atoms with E-state index >= 15 is 0 Å². The van der Waals surface area contributed by atoms with Crippen molar-refractivity contribution in [3.8, 4) is 0 Å². The van der Waals surface area contributed by atoms with Crippen LogP contribution >= 0.6 is 0 Å². The van der Waals surface area contributed by atoms with E-state index in [9.17, 15) is 14.0 Å². The lowest BCUT2D eigenvalue weighted by Crippen LogP contribution is -2.52. The molecule has 6 heteroatoms. The fraction of sp³-hybridized carbons (Fsp3) is 0.579. The third-order valence-electron chi connectivity index (χ3n) is 4.84. The predicted octanol–water partition coefficient (Wildman–Crippen LogP) is 2.18. The lowest BCUT2D eigenvalue weighted by Gasteiger charge is -2.24. The number of nitrogens with one attached hydrogen (secondary N) is 2. The van der Waals surface area contributed by atoms with Crippen molar-refractivity contribution in [1.29, 1.82) is 0 Å². The monoisotopic (exact) mass is 349 g/mol. The van der Waals surface area contributed by atoms with Gasteiger partial charge in [-0.2, -0.15) is 0 Å². The van der Waals surface area contributed by atoms with Crippen molar-refractivity contribution >= 4 is 11.8 Å². The molecule has 2 rings (SSSR count). The Morgan fingerprint density at radius 3 is 2.44 bits per heavy atom. The topological polar surface area (TPSA) is 61.4 Å². The molecule has 1 fully saturated rings. The first-order valence-corrected chi connectivity index (χ1v) is 8.81. The molecule has 5 nitrogen and oxygen atoms in total. The van der Waals surface area contributed by atoms with Crippen LogP contribution < -0.4 is 10.6 Å². The second kappa shape index (κ2) is 8.43. The van der Waals surface area contributed by atoms with Crippen molar-refractivity contribution in [3.05, 3.63) is 35.6 Å². The van der Waals surface area contributed by atoms with Crippen LogP contribution in [0.5, 0.6) is 0 Å². The number of hydrogen-bond donors (Lipinski definition) is 2. The van der Waals surface area contributed by atoms with E-state index < -0.39 is 17.8 Å². The number of rotatable bonds is 6. The van der Waals surface area contributed by atoms with E-state index in [4.69, 9.17) is 0 Å². The summed E-state index contributed by atoms with van der Waals surface area (Å²) in [5.74, 6) is -1.46. The van der Waals surface area contributed by atoms with Crippen molar-refractivity contribution in [2.75, 3.05) is 14.1 Å². The van der Waals surface area contributed by atoms with E-state index in [1.54, 1.807) is 6.07 Å². The molecule has 2 amide bonds. The quantitative estimate of drug-likeness (QED) is 0.827. The first-order valence-electron chi connectivity index (χ1n) is 8.81. The van der Waals surface area contributed by atoms with E-state index in [2.05, 4.69) is 15.5 Å². The maximum atomic E-state index is 13.8. The van der Waals surface area contributed by atoms with Gasteiger partial charge in [-0.1, -0.05) is 26.0 Å². The van der Waals surface area contributed by atoms with Crippen LogP contribution in [0.15, 0.2) is 24.3 Å². The minimum Gasteiger partial charge on any atom is -0.352 e. The summed E-state index contributed by atoms with van der Waals surface area (Å²) in [7, 11) is 4.08. The van der Waals surface area contributed by atoms with E-state index in [-0.39, 0.29) is 23.4 Å². The number of halogens is 1. The highest BCUT2D eigenvalue weighted by atomic mass is 19.1. The third kappa shape index (κ3) is 5.01. The Bertz CT molecular complexity index is 618. The van der Waals surface area contributed by atoms with Gasteiger partial charge in [0, 0.05) is 12.1 Å². The summed E-state index contributed by atoms with van der Waals surface area (Å²) in [5, 5.41) is 5.72. The van der Waals surface area contributed by atoms with Gasteiger partial charge in [0.15, 0.2) is 0 Å². The summed E-state index contributed by atoms with van der Waals surface area (Å²) in [6.45, 7) is 3.73. The highest BCUT2D eigenvalue weighted by Crippen LogP contribution is 2.22. The maximum absolute atomic E-state index is 13.8. The van der Waals surface area contributed by atoms with Crippen molar-refractivity contribution < 1.29 is 14.0 Å². The minimum atomic E-state index is -0.689. The van der Waals surface area contributed by atoms with E-state index in [0.29, 0.717) is 6.04 Å². The Kier molecular flexibility index (Phi) is 6.53. The Morgan fingerprint density at radius 2 is 1.88 bits per heavy atom. The molecular weight excluding hydrogens is 321 g/mol. The van der Waals surface area contributed by atoms with Gasteiger partial charge in [-0.3, -0.25) is 9.59 Å². The van der Waals surface area contributed by atoms with Crippen LogP contribution in [0.2, 0.25) is 0 Å². The van der Waals surface area contributed by atoms with Crippen molar-refractivity contribution in [2.24, 2.45) is 5.92 Å². The summed E-state index contributed by atoms with van der Waals surface area (Å²) in [6.07, 6.45) is 2.89. The zero-order chi connectivity index (χ0) is 18.6. The summed E-state index contributed by atoms with van der Waals surface area (Å²) in [5.41, 5.74) is -0.0468. The lowest BCUT2D eigenvalue weighted by molar-refractivity contribution is -0.124. The molecule has 1 aliphatic carbocycles. The molecule has 25 heavy (non-hydrogen) atoms. The Balaban J connectivity index is 1.99. The third-order valence-corrected chi connectivity index (χ3v) is 4.84. The second-order valence-corrected chi connectivity index (χ2v) is 7.31. The minimum absolute atomic E-state index is 0.0468. The van der Waals surface area contributed by atoms with Gasteiger partial charge >= 0.3 is 0 Å². The molecular formula is C19H28FN3O2. The van der Waals surface area contributed by atoms with Gasteiger partial charge in [0.1, 0.15) is 11.9 Å². The zero-order valence-corrected chi connectivity index (χ0v) is 15.4. The fourth-order valence-corrected chi connectivity index (χ4v) is 3.25. The van der Waals surface area contributed by atoms with Crippen LogP contribution in [-0.2, 0) is 4.79 Å². The largest absolute Gasteiger partial charge is 0.352 e. The molecule has 1 aliphatic rings. The summed E-state index contributed by atoms with van der Waals surface area (Å²) < 4.78 is 13.8. The highest BCUT2D eigenvalue weighted by Gasteiger charge is 2.31. The van der Waals surface area contributed by atoms with Gasteiger partial charge < -0.3 is 15.5 Å². The average Bonchev–Trinajstić information content (AvgIpc) is 3.01. The van der Waals surface area contributed by atoms with E-state index in [0.717, 1.165) is 19.3 Å². The Hall–Kier alpha value is -1.95. The lowest BCUT2D eigenvalue weighted by atomic mass is 10.0. The van der Waals surface area contributed by atoms with Crippen molar-refractivity contribution in [1.82, 2.24) is 15.5 Å². The summed E-state index contributed by atoms with van der Waals surface area (Å²) in [6, 6.07) is 5.67. The SMILES string of the molecule is CC(C)[C@H](NC(=O)c1ccccc1F)C(=O)N[C@@H]1CC[C@H](N(C)C)C1. The number of benzene rings is 1.